The molecule has 0 saturated heterocycles. The number of aryl methyl sites for hydroxylation is 3. The molecule has 7 heteroatoms. The fourth-order valence-corrected chi connectivity index (χ4v) is 3.75. The first-order valence-electron chi connectivity index (χ1n) is 6.90. The third-order valence-electron chi connectivity index (χ3n) is 3.28. The molecule has 0 saturated carbocycles. The predicted octanol–water partition coefficient (Wildman–Crippen LogP) is 2.46. The van der Waals surface area contributed by atoms with Crippen molar-refractivity contribution in [1.29, 1.82) is 0 Å². The molecule has 0 unspecified atom stereocenters. The van der Waals surface area contributed by atoms with Crippen molar-refractivity contribution in [2.75, 3.05) is 18.8 Å². The van der Waals surface area contributed by atoms with Crippen molar-refractivity contribution < 1.29 is 12.9 Å². The molecule has 6 nitrogen and oxygen atoms in total. The Balaban J connectivity index is 2.37. The summed E-state index contributed by atoms with van der Waals surface area (Å²) in [5.74, 6) is 0.284. The van der Waals surface area contributed by atoms with Crippen LogP contribution in [0.3, 0.4) is 0 Å². The lowest BCUT2D eigenvalue weighted by Crippen LogP contribution is -2.16. The Morgan fingerprint density at radius 2 is 1.91 bits per heavy atom. The zero-order valence-corrected chi connectivity index (χ0v) is 14.3. The lowest BCUT2D eigenvalue weighted by atomic mass is 10.1. The molecular weight excluding hydrogens is 302 g/mol. The smallest absolute Gasteiger partial charge is 0.267 e. The van der Waals surface area contributed by atoms with Gasteiger partial charge in [-0.2, -0.15) is 0 Å². The summed E-state index contributed by atoms with van der Waals surface area (Å²) in [6, 6.07) is 5.75. The first-order chi connectivity index (χ1) is 10.2. The lowest BCUT2D eigenvalue weighted by molar-refractivity contribution is 0.390. The number of hydrogen-bond donors (Lipinski definition) is 1. The minimum atomic E-state index is -3.72. The number of benzene rings is 1. The zero-order chi connectivity index (χ0) is 16.5. The number of aromatic nitrogens is 1. The maximum Gasteiger partial charge on any atom is 0.267 e. The minimum Gasteiger partial charge on any atom is -0.360 e. The van der Waals surface area contributed by atoms with E-state index < -0.39 is 10.0 Å². The maximum atomic E-state index is 12.6. The van der Waals surface area contributed by atoms with Gasteiger partial charge in [0.05, 0.1) is 5.69 Å². The number of nitrogens with one attached hydrogen (secondary N) is 1. The molecule has 0 spiro atoms. The van der Waals surface area contributed by atoms with Crippen LogP contribution in [0.4, 0.5) is 5.69 Å². The minimum absolute atomic E-state index is 0.102. The molecule has 2 rings (SSSR count). The van der Waals surface area contributed by atoms with Crippen LogP contribution < -0.4 is 4.72 Å². The molecule has 1 aromatic carbocycles. The van der Waals surface area contributed by atoms with E-state index in [0.717, 1.165) is 17.7 Å². The molecule has 0 aliphatic rings. The highest BCUT2D eigenvalue weighted by molar-refractivity contribution is 7.92. The van der Waals surface area contributed by atoms with Gasteiger partial charge in [0.2, 0.25) is 0 Å². The van der Waals surface area contributed by atoms with E-state index in [-0.39, 0.29) is 10.7 Å². The Morgan fingerprint density at radius 1 is 1.23 bits per heavy atom. The van der Waals surface area contributed by atoms with E-state index in [1.54, 1.807) is 13.8 Å². The van der Waals surface area contributed by atoms with Gasteiger partial charge in [-0.05, 0) is 52.1 Å². The molecule has 0 aliphatic heterocycles. The van der Waals surface area contributed by atoms with Gasteiger partial charge in [-0.15, -0.1) is 0 Å². The average molecular weight is 323 g/mol. The normalized spacial score (nSPS) is 11.9. The van der Waals surface area contributed by atoms with Gasteiger partial charge in [0.15, 0.2) is 10.7 Å². The summed E-state index contributed by atoms with van der Waals surface area (Å²) >= 11 is 0. The summed E-state index contributed by atoms with van der Waals surface area (Å²) in [6.45, 7) is 5.80. The van der Waals surface area contributed by atoms with E-state index in [9.17, 15) is 8.42 Å². The highest BCUT2D eigenvalue weighted by Crippen LogP contribution is 2.25. The number of nitrogens with zero attached hydrogens (tertiary/aromatic N) is 2. The summed E-state index contributed by atoms with van der Waals surface area (Å²) < 4.78 is 32.7. The summed E-state index contributed by atoms with van der Waals surface area (Å²) in [4.78, 5) is 2.13. The third kappa shape index (κ3) is 3.48. The van der Waals surface area contributed by atoms with E-state index in [4.69, 9.17) is 4.52 Å². The Labute approximate surface area is 131 Å². The standard InChI is InChI=1S/C15H21N3O3S/c1-10-6-7-13(9-18(4)5)8-14(10)17-22(19,20)15-11(2)16-21-12(15)3/h6-8,17H,9H2,1-5H3. The summed E-state index contributed by atoms with van der Waals surface area (Å²) in [6.07, 6.45) is 0. The van der Waals surface area contributed by atoms with Gasteiger partial charge in [-0.1, -0.05) is 17.3 Å². The van der Waals surface area contributed by atoms with Gasteiger partial charge in [-0.3, -0.25) is 4.72 Å². The van der Waals surface area contributed by atoms with E-state index >= 15 is 0 Å². The SMILES string of the molecule is Cc1ccc(CN(C)C)cc1NS(=O)(=O)c1c(C)noc1C. The Bertz CT molecular complexity index is 760. The first kappa shape index (κ1) is 16.5. The zero-order valence-electron chi connectivity index (χ0n) is 13.5. The monoisotopic (exact) mass is 323 g/mol. The van der Waals surface area contributed by atoms with Gasteiger partial charge in [-0.25, -0.2) is 8.42 Å². The van der Waals surface area contributed by atoms with Crippen molar-refractivity contribution in [1.82, 2.24) is 10.1 Å². The van der Waals surface area contributed by atoms with Crippen molar-refractivity contribution in [3.05, 3.63) is 40.8 Å². The van der Waals surface area contributed by atoms with Crippen LogP contribution in [0.1, 0.15) is 22.6 Å². The molecule has 2 aromatic rings. The topological polar surface area (TPSA) is 75.4 Å². The molecule has 0 atom stereocenters. The number of sulfonamides is 1. The molecule has 120 valence electrons. The van der Waals surface area contributed by atoms with Crippen LogP contribution in [0.25, 0.3) is 0 Å². The average Bonchev–Trinajstić information content (AvgIpc) is 2.73. The molecule has 1 N–H and O–H groups in total. The summed E-state index contributed by atoms with van der Waals surface area (Å²) in [5, 5.41) is 3.70. The fraction of sp³-hybridized carbons (Fsp3) is 0.400. The number of anilines is 1. The van der Waals surface area contributed by atoms with Crippen molar-refractivity contribution in [3.8, 4) is 0 Å². The second kappa shape index (κ2) is 6.10. The van der Waals surface area contributed by atoms with Gasteiger partial charge >= 0.3 is 0 Å². The van der Waals surface area contributed by atoms with Crippen LogP contribution in [0.5, 0.6) is 0 Å². The fourth-order valence-electron chi connectivity index (χ4n) is 2.30. The molecular formula is C15H21N3O3S. The van der Waals surface area contributed by atoms with Gasteiger partial charge in [0, 0.05) is 6.54 Å². The van der Waals surface area contributed by atoms with Crippen molar-refractivity contribution in [3.63, 3.8) is 0 Å². The maximum absolute atomic E-state index is 12.6. The summed E-state index contributed by atoms with van der Waals surface area (Å²) in [5.41, 5.74) is 2.82. The van der Waals surface area contributed by atoms with Crippen molar-refractivity contribution in [2.24, 2.45) is 0 Å². The summed E-state index contributed by atoms with van der Waals surface area (Å²) in [7, 11) is 0.213. The van der Waals surface area contributed by atoms with Crippen LogP contribution in [0.15, 0.2) is 27.6 Å². The van der Waals surface area contributed by atoms with Crippen LogP contribution in [0, 0.1) is 20.8 Å². The van der Waals surface area contributed by atoms with Crippen molar-refractivity contribution in [2.45, 2.75) is 32.2 Å². The van der Waals surface area contributed by atoms with Crippen LogP contribution in [-0.2, 0) is 16.6 Å². The van der Waals surface area contributed by atoms with Crippen LogP contribution >= 0.6 is 0 Å². The van der Waals surface area contributed by atoms with E-state index in [1.807, 2.05) is 44.1 Å². The molecule has 0 radical (unpaired) electrons. The highest BCUT2D eigenvalue weighted by Gasteiger charge is 2.24. The van der Waals surface area contributed by atoms with E-state index in [1.165, 1.54) is 0 Å². The number of rotatable bonds is 5. The first-order valence-corrected chi connectivity index (χ1v) is 8.39. The Morgan fingerprint density at radius 3 is 2.45 bits per heavy atom. The van der Waals surface area contributed by atoms with Gasteiger partial charge in [0.25, 0.3) is 10.0 Å². The molecule has 1 heterocycles. The predicted molar refractivity (Wildman–Crippen MR) is 85.4 cm³/mol. The number of hydrogen-bond acceptors (Lipinski definition) is 5. The van der Waals surface area contributed by atoms with Crippen LogP contribution in [-0.4, -0.2) is 32.6 Å². The highest BCUT2D eigenvalue weighted by atomic mass is 32.2. The second-order valence-corrected chi connectivity index (χ2v) is 7.27. The Kier molecular flexibility index (Phi) is 4.58. The molecule has 1 aromatic heterocycles. The van der Waals surface area contributed by atoms with Crippen LogP contribution in [0.2, 0.25) is 0 Å². The molecule has 0 amide bonds. The van der Waals surface area contributed by atoms with E-state index in [2.05, 4.69) is 9.88 Å². The molecule has 0 bridgehead atoms. The molecule has 22 heavy (non-hydrogen) atoms. The quantitative estimate of drug-likeness (QED) is 0.915. The largest absolute Gasteiger partial charge is 0.360 e. The second-order valence-electron chi connectivity index (χ2n) is 5.65. The van der Waals surface area contributed by atoms with E-state index in [0.29, 0.717) is 11.4 Å². The third-order valence-corrected chi connectivity index (χ3v) is 4.89. The molecule has 0 fully saturated rings. The lowest BCUT2D eigenvalue weighted by Gasteiger charge is -2.14. The molecule has 0 aliphatic carbocycles. The van der Waals surface area contributed by atoms with Gasteiger partial charge < -0.3 is 9.42 Å². The Hall–Kier alpha value is -1.86. The van der Waals surface area contributed by atoms with Crippen molar-refractivity contribution >= 4 is 15.7 Å². The van der Waals surface area contributed by atoms with Gasteiger partial charge in [0.1, 0.15) is 5.69 Å².